The number of esters is 3. The Balaban J connectivity index is 4.36. The molecule has 0 amide bonds. The van der Waals surface area contributed by atoms with E-state index in [2.05, 4.69) is 57.2 Å². The first-order valence-electron chi connectivity index (χ1n) is 29.0. The Morgan fingerprint density at radius 1 is 0.303 bits per heavy atom. The van der Waals surface area contributed by atoms with Crippen LogP contribution in [-0.2, 0) is 28.6 Å². The molecule has 6 heteroatoms. The molecule has 1 atom stereocenters. The zero-order valence-corrected chi connectivity index (χ0v) is 44.2. The fourth-order valence-corrected chi connectivity index (χ4v) is 8.47. The van der Waals surface area contributed by atoms with Gasteiger partial charge in [0.2, 0.25) is 0 Å². The van der Waals surface area contributed by atoms with Crippen LogP contribution in [0.1, 0.15) is 310 Å². The molecule has 0 saturated heterocycles. The summed E-state index contributed by atoms with van der Waals surface area (Å²) in [4.78, 5) is 38.1. The number of hydrogen-bond donors (Lipinski definition) is 0. The van der Waals surface area contributed by atoms with Crippen molar-refractivity contribution in [3.8, 4) is 0 Å². The van der Waals surface area contributed by atoms with Gasteiger partial charge in [-0.25, -0.2) is 0 Å². The van der Waals surface area contributed by atoms with Crippen molar-refractivity contribution in [3.63, 3.8) is 0 Å². The molecule has 0 aliphatic heterocycles. The van der Waals surface area contributed by atoms with Crippen molar-refractivity contribution in [2.45, 2.75) is 316 Å². The summed E-state index contributed by atoms with van der Waals surface area (Å²) in [7, 11) is 0. The maximum atomic E-state index is 12.9. The maximum absolute atomic E-state index is 12.9. The predicted octanol–water partition coefficient (Wildman–Crippen LogP) is 19.3. The van der Waals surface area contributed by atoms with E-state index in [1.807, 2.05) is 0 Å². The van der Waals surface area contributed by atoms with E-state index in [0.717, 1.165) is 70.6 Å². The second kappa shape index (κ2) is 55.2. The van der Waals surface area contributed by atoms with Crippen molar-refractivity contribution >= 4 is 17.9 Å². The van der Waals surface area contributed by atoms with Crippen molar-refractivity contribution < 1.29 is 28.6 Å². The fourth-order valence-electron chi connectivity index (χ4n) is 8.47. The van der Waals surface area contributed by atoms with Gasteiger partial charge in [0.1, 0.15) is 13.2 Å². The monoisotopic (exact) mass is 927 g/mol. The normalized spacial score (nSPS) is 12.2. The molecule has 0 aromatic rings. The second-order valence-electron chi connectivity index (χ2n) is 19.6. The number of hydrogen-bond acceptors (Lipinski definition) is 6. The molecule has 66 heavy (non-hydrogen) atoms. The van der Waals surface area contributed by atoms with Crippen molar-refractivity contribution in [1.29, 1.82) is 0 Å². The Kier molecular flexibility index (Phi) is 53.2. The molecule has 0 fully saturated rings. The summed E-state index contributed by atoms with van der Waals surface area (Å²) in [5.41, 5.74) is 0. The SMILES string of the molecule is CCCCC/C=C\C/C=C\CCCCCCCCCC(=O)OC[C@@H](COC(=O)CCCCCCCCCCCCCCCC)OC(=O)CCCCCCCCC/C=C\CCCCCCCC. The van der Waals surface area contributed by atoms with E-state index in [1.165, 1.54) is 199 Å². The van der Waals surface area contributed by atoms with Crippen LogP contribution in [0.15, 0.2) is 36.5 Å². The highest BCUT2D eigenvalue weighted by atomic mass is 16.6. The van der Waals surface area contributed by atoms with Crippen molar-refractivity contribution in [3.05, 3.63) is 36.5 Å². The number of allylic oxidation sites excluding steroid dienone is 6. The summed E-state index contributed by atoms with van der Waals surface area (Å²) >= 11 is 0. The largest absolute Gasteiger partial charge is 0.462 e. The zero-order valence-electron chi connectivity index (χ0n) is 44.2. The molecule has 0 N–H and O–H groups in total. The van der Waals surface area contributed by atoms with E-state index in [-0.39, 0.29) is 31.1 Å². The third kappa shape index (κ3) is 52.6. The molecule has 0 aliphatic carbocycles. The van der Waals surface area contributed by atoms with E-state index in [9.17, 15) is 14.4 Å². The van der Waals surface area contributed by atoms with Crippen LogP contribution in [0, 0.1) is 0 Å². The Morgan fingerprint density at radius 3 is 0.879 bits per heavy atom. The summed E-state index contributed by atoms with van der Waals surface area (Å²) in [5, 5.41) is 0. The molecular formula is C60H110O6. The minimum absolute atomic E-state index is 0.0728. The Bertz CT molecular complexity index is 1110. The maximum Gasteiger partial charge on any atom is 0.306 e. The van der Waals surface area contributed by atoms with E-state index in [4.69, 9.17) is 14.2 Å². The molecule has 0 radical (unpaired) electrons. The molecule has 0 heterocycles. The zero-order chi connectivity index (χ0) is 47.9. The van der Waals surface area contributed by atoms with Gasteiger partial charge >= 0.3 is 17.9 Å². The number of unbranched alkanes of at least 4 members (excludes halogenated alkanes) is 36. The average Bonchev–Trinajstić information content (AvgIpc) is 3.31. The quantitative estimate of drug-likeness (QED) is 0.0262. The van der Waals surface area contributed by atoms with Crippen LogP contribution in [0.3, 0.4) is 0 Å². The Hall–Kier alpha value is -2.37. The molecule has 0 unspecified atom stereocenters. The van der Waals surface area contributed by atoms with Crippen molar-refractivity contribution in [1.82, 2.24) is 0 Å². The summed E-state index contributed by atoms with van der Waals surface area (Å²) in [5.74, 6) is -0.868. The lowest BCUT2D eigenvalue weighted by atomic mass is 10.0. The van der Waals surface area contributed by atoms with Gasteiger partial charge in [0, 0.05) is 19.3 Å². The van der Waals surface area contributed by atoms with Gasteiger partial charge in [0.05, 0.1) is 0 Å². The average molecular weight is 928 g/mol. The minimum Gasteiger partial charge on any atom is -0.462 e. The smallest absolute Gasteiger partial charge is 0.306 e. The van der Waals surface area contributed by atoms with Gasteiger partial charge in [-0.15, -0.1) is 0 Å². The van der Waals surface area contributed by atoms with Gasteiger partial charge in [0.25, 0.3) is 0 Å². The topological polar surface area (TPSA) is 78.9 Å². The number of carbonyl (C=O) groups is 3. The van der Waals surface area contributed by atoms with Crippen LogP contribution >= 0.6 is 0 Å². The second-order valence-corrected chi connectivity index (χ2v) is 19.6. The highest BCUT2D eigenvalue weighted by Crippen LogP contribution is 2.16. The molecule has 386 valence electrons. The van der Waals surface area contributed by atoms with Gasteiger partial charge in [-0.3, -0.25) is 14.4 Å². The van der Waals surface area contributed by atoms with Gasteiger partial charge in [-0.05, 0) is 77.0 Å². The lowest BCUT2D eigenvalue weighted by Crippen LogP contribution is -2.30. The van der Waals surface area contributed by atoms with E-state index in [0.29, 0.717) is 19.3 Å². The molecule has 0 aromatic carbocycles. The standard InChI is InChI=1S/C60H110O6/c1-4-7-10-13-16-19-22-25-28-30-32-35-38-41-44-47-50-53-59(62)65-56-57(55-64-58(61)52-49-46-43-40-37-34-27-24-21-18-15-12-9-6-3)66-60(63)54-51-48-45-42-39-36-33-31-29-26-23-20-17-14-11-8-5-2/h16,19,25-26,28-29,57H,4-15,17-18,20-24,27,30-56H2,1-3H3/b19-16-,28-25-,29-26-/t57-/m1/s1. The number of carbonyl (C=O) groups excluding carboxylic acids is 3. The molecular weight excluding hydrogens is 817 g/mol. The molecule has 6 nitrogen and oxygen atoms in total. The van der Waals surface area contributed by atoms with Crippen molar-refractivity contribution in [2.75, 3.05) is 13.2 Å². The number of rotatable bonds is 53. The molecule has 0 aromatic heterocycles. The molecule has 0 spiro atoms. The third-order valence-electron chi connectivity index (χ3n) is 12.9. The van der Waals surface area contributed by atoms with Gasteiger partial charge < -0.3 is 14.2 Å². The van der Waals surface area contributed by atoms with E-state index in [1.54, 1.807) is 0 Å². The highest BCUT2D eigenvalue weighted by molar-refractivity contribution is 5.71. The molecule has 0 rings (SSSR count). The van der Waals surface area contributed by atoms with Crippen LogP contribution in [0.4, 0.5) is 0 Å². The van der Waals surface area contributed by atoms with Crippen LogP contribution in [0.2, 0.25) is 0 Å². The Morgan fingerprint density at radius 2 is 0.545 bits per heavy atom. The highest BCUT2D eigenvalue weighted by Gasteiger charge is 2.19. The summed E-state index contributed by atoms with van der Waals surface area (Å²) in [6.45, 7) is 6.64. The van der Waals surface area contributed by atoms with Crippen LogP contribution in [0.25, 0.3) is 0 Å². The van der Waals surface area contributed by atoms with Crippen molar-refractivity contribution in [2.24, 2.45) is 0 Å². The van der Waals surface area contributed by atoms with Gasteiger partial charge in [0.15, 0.2) is 6.10 Å². The predicted molar refractivity (Wildman–Crippen MR) is 284 cm³/mol. The summed E-state index contributed by atoms with van der Waals surface area (Å²) in [6, 6.07) is 0. The fraction of sp³-hybridized carbons (Fsp3) is 0.850. The van der Waals surface area contributed by atoms with Gasteiger partial charge in [-0.2, -0.15) is 0 Å². The first kappa shape index (κ1) is 63.6. The first-order valence-corrected chi connectivity index (χ1v) is 29.0. The van der Waals surface area contributed by atoms with Gasteiger partial charge in [-0.1, -0.05) is 250 Å². The van der Waals surface area contributed by atoms with Crippen LogP contribution in [-0.4, -0.2) is 37.2 Å². The van der Waals surface area contributed by atoms with Crippen LogP contribution < -0.4 is 0 Å². The lowest BCUT2D eigenvalue weighted by Gasteiger charge is -2.18. The number of ether oxygens (including phenoxy) is 3. The van der Waals surface area contributed by atoms with Crippen LogP contribution in [0.5, 0.6) is 0 Å². The first-order chi connectivity index (χ1) is 32.5. The lowest BCUT2D eigenvalue weighted by molar-refractivity contribution is -0.167. The minimum atomic E-state index is -0.775. The molecule has 0 saturated carbocycles. The third-order valence-corrected chi connectivity index (χ3v) is 12.9. The molecule has 0 aliphatic rings. The van der Waals surface area contributed by atoms with E-state index >= 15 is 0 Å². The van der Waals surface area contributed by atoms with E-state index < -0.39 is 6.10 Å². The summed E-state index contributed by atoms with van der Waals surface area (Å²) < 4.78 is 16.9. The Labute approximate surface area is 410 Å². The molecule has 0 bridgehead atoms. The summed E-state index contributed by atoms with van der Waals surface area (Å²) in [6.07, 6.45) is 65.5.